The molecule has 1 rings (SSSR count). The zero-order chi connectivity index (χ0) is 7.40. The highest BCUT2D eigenvalue weighted by Gasteiger charge is 2.10. The third-order valence-corrected chi connectivity index (χ3v) is 2.49. The minimum atomic E-state index is 0.721. The van der Waals surface area contributed by atoms with Gasteiger partial charge in [-0.25, -0.2) is 0 Å². The molecule has 0 amide bonds. The molecule has 0 aromatic carbocycles. The Morgan fingerprint density at radius 1 is 1.70 bits per heavy atom. The molecule has 1 atom stereocenters. The predicted molar refractivity (Wildman–Crippen MR) is 48.0 cm³/mol. The van der Waals surface area contributed by atoms with Crippen molar-refractivity contribution < 1.29 is 0 Å². The number of nitrogens with one attached hydrogen (secondary N) is 1. The van der Waals surface area contributed by atoms with E-state index in [9.17, 15) is 0 Å². The Morgan fingerprint density at radius 2 is 2.50 bits per heavy atom. The molecule has 1 aliphatic carbocycles. The van der Waals surface area contributed by atoms with Gasteiger partial charge in [0.15, 0.2) is 0 Å². The van der Waals surface area contributed by atoms with Gasteiger partial charge in [0.05, 0.1) is 0 Å². The largest absolute Gasteiger partial charge is 0.261 e. The highest BCUT2D eigenvalue weighted by molar-refractivity contribution is 7.96. The molecule has 0 saturated carbocycles. The van der Waals surface area contributed by atoms with Crippen LogP contribution in [0.1, 0.15) is 26.2 Å². The summed E-state index contributed by atoms with van der Waals surface area (Å²) in [6, 6.07) is 0.721. The molecule has 0 saturated heterocycles. The molecule has 0 fully saturated rings. The predicted octanol–water partition coefficient (Wildman–Crippen LogP) is 2.35. The van der Waals surface area contributed by atoms with E-state index in [-0.39, 0.29) is 0 Å². The van der Waals surface area contributed by atoms with Gasteiger partial charge in [-0.1, -0.05) is 23.6 Å². The van der Waals surface area contributed by atoms with Crippen LogP contribution in [-0.2, 0) is 0 Å². The van der Waals surface area contributed by atoms with Crippen LogP contribution in [0.4, 0.5) is 0 Å². The van der Waals surface area contributed by atoms with E-state index in [4.69, 9.17) is 0 Å². The minimum Gasteiger partial charge on any atom is -0.261 e. The molecule has 58 valence electrons. The van der Waals surface area contributed by atoms with Crippen LogP contribution in [0.5, 0.6) is 0 Å². The maximum atomic E-state index is 3.38. The van der Waals surface area contributed by atoms with Crippen LogP contribution in [0, 0.1) is 0 Å². The van der Waals surface area contributed by atoms with E-state index in [1.54, 1.807) is 17.5 Å². The first-order valence-corrected chi connectivity index (χ1v) is 4.99. The second-order valence-electron chi connectivity index (χ2n) is 2.84. The van der Waals surface area contributed by atoms with E-state index in [0.29, 0.717) is 0 Å². The molecule has 0 aromatic rings. The van der Waals surface area contributed by atoms with Crippen LogP contribution in [0.15, 0.2) is 11.6 Å². The molecule has 0 aliphatic heterocycles. The van der Waals surface area contributed by atoms with Gasteiger partial charge in [0.25, 0.3) is 0 Å². The molecule has 1 aliphatic rings. The average Bonchev–Trinajstić information content (AvgIpc) is 1.95. The van der Waals surface area contributed by atoms with Crippen LogP contribution in [0.2, 0.25) is 0 Å². The summed E-state index contributed by atoms with van der Waals surface area (Å²) >= 11 is 1.73. The number of rotatable bonds is 2. The van der Waals surface area contributed by atoms with Crippen molar-refractivity contribution in [3.05, 3.63) is 11.6 Å². The summed E-state index contributed by atoms with van der Waals surface area (Å²) < 4.78 is 3.38. The zero-order valence-electron chi connectivity index (χ0n) is 6.68. The van der Waals surface area contributed by atoms with Crippen LogP contribution < -0.4 is 4.72 Å². The number of allylic oxidation sites excluding steroid dienone is 1. The van der Waals surface area contributed by atoms with Crippen molar-refractivity contribution in [3.63, 3.8) is 0 Å². The molecule has 1 nitrogen and oxygen atoms in total. The van der Waals surface area contributed by atoms with E-state index in [1.807, 2.05) is 0 Å². The van der Waals surface area contributed by atoms with Crippen molar-refractivity contribution in [3.8, 4) is 0 Å². The lowest BCUT2D eigenvalue weighted by Crippen LogP contribution is -2.24. The fourth-order valence-electron chi connectivity index (χ4n) is 1.24. The Balaban J connectivity index is 2.27. The summed E-state index contributed by atoms with van der Waals surface area (Å²) in [5.41, 5.74) is 1.55. The summed E-state index contributed by atoms with van der Waals surface area (Å²) in [6.07, 6.45) is 8.23. The second-order valence-corrected chi connectivity index (χ2v) is 3.49. The monoisotopic (exact) mass is 157 g/mol. The van der Waals surface area contributed by atoms with Gasteiger partial charge in [-0.3, -0.25) is 4.72 Å². The lowest BCUT2D eigenvalue weighted by atomic mass is 9.97. The summed E-state index contributed by atoms with van der Waals surface area (Å²) in [6.45, 7) is 2.22. The first kappa shape index (κ1) is 8.15. The molecule has 10 heavy (non-hydrogen) atoms. The van der Waals surface area contributed by atoms with E-state index in [2.05, 4.69) is 24.0 Å². The Morgan fingerprint density at radius 3 is 3.00 bits per heavy atom. The van der Waals surface area contributed by atoms with Crippen LogP contribution in [0.3, 0.4) is 0 Å². The van der Waals surface area contributed by atoms with Gasteiger partial charge in [0, 0.05) is 6.04 Å². The van der Waals surface area contributed by atoms with E-state index >= 15 is 0 Å². The lowest BCUT2D eigenvalue weighted by Gasteiger charge is -2.19. The summed E-state index contributed by atoms with van der Waals surface area (Å²) in [7, 11) is 0. The Kier molecular flexibility index (Phi) is 3.29. The molecular formula is C8H15NS. The number of hydrogen-bond acceptors (Lipinski definition) is 2. The molecule has 2 heteroatoms. The van der Waals surface area contributed by atoms with E-state index in [1.165, 1.54) is 19.3 Å². The maximum Gasteiger partial charge on any atom is 0.0209 e. The summed E-state index contributed by atoms with van der Waals surface area (Å²) in [5.74, 6) is 0. The van der Waals surface area contributed by atoms with Gasteiger partial charge in [0.1, 0.15) is 0 Å². The van der Waals surface area contributed by atoms with Crippen LogP contribution >= 0.6 is 11.9 Å². The first-order valence-electron chi connectivity index (χ1n) is 3.77. The number of hydrogen-bond donors (Lipinski definition) is 1. The quantitative estimate of drug-likeness (QED) is 0.488. The fourth-order valence-corrected chi connectivity index (χ4v) is 1.79. The van der Waals surface area contributed by atoms with Crippen LogP contribution in [-0.4, -0.2) is 12.3 Å². The van der Waals surface area contributed by atoms with E-state index in [0.717, 1.165) is 6.04 Å². The Bertz CT molecular complexity index is 131. The molecule has 0 unspecified atom stereocenters. The van der Waals surface area contributed by atoms with Crippen molar-refractivity contribution >= 4 is 11.9 Å². The topological polar surface area (TPSA) is 12.0 Å². The molecule has 0 radical (unpaired) electrons. The Hall–Kier alpha value is 0.0500. The zero-order valence-corrected chi connectivity index (χ0v) is 7.50. The standard InChI is InChI=1S/C8H15NS/c1-7-3-5-8(6-4-7)9-10-2/h3,8-9H,4-6H2,1-2H3/t8-/m1/s1. The molecule has 0 aromatic heterocycles. The molecule has 1 N–H and O–H groups in total. The van der Waals surface area contributed by atoms with Gasteiger partial charge in [-0.2, -0.15) is 0 Å². The minimum absolute atomic E-state index is 0.721. The van der Waals surface area contributed by atoms with Gasteiger partial charge < -0.3 is 0 Å². The molecular weight excluding hydrogens is 142 g/mol. The highest BCUT2D eigenvalue weighted by Crippen LogP contribution is 2.18. The Labute approximate surface area is 67.4 Å². The maximum absolute atomic E-state index is 3.38. The van der Waals surface area contributed by atoms with Crippen molar-refractivity contribution in [1.82, 2.24) is 4.72 Å². The second kappa shape index (κ2) is 4.04. The van der Waals surface area contributed by atoms with Crippen molar-refractivity contribution in [1.29, 1.82) is 0 Å². The third-order valence-electron chi connectivity index (χ3n) is 1.92. The normalized spacial score (nSPS) is 26.2. The van der Waals surface area contributed by atoms with Gasteiger partial charge in [-0.15, -0.1) is 0 Å². The van der Waals surface area contributed by atoms with E-state index < -0.39 is 0 Å². The fraction of sp³-hybridized carbons (Fsp3) is 0.750. The van der Waals surface area contributed by atoms with Gasteiger partial charge in [-0.05, 0) is 32.4 Å². The first-order chi connectivity index (χ1) is 4.83. The SMILES string of the molecule is CSN[C@@H]1CC=C(C)CC1. The van der Waals surface area contributed by atoms with Crippen LogP contribution in [0.25, 0.3) is 0 Å². The van der Waals surface area contributed by atoms with Crippen molar-refractivity contribution in [2.75, 3.05) is 6.26 Å². The molecule has 0 heterocycles. The lowest BCUT2D eigenvalue weighted by molar-refractivity contribution is 0.559. The third kappa shape index (κ3) is 2.35. The summed E-state index contributed by atoms with van der Waals surface area (Å²) in [4.78, 5) is 0. The highest BCUT2D eigenvalue weighted by atomic mass is 32.2. The van der Waals surface area contributed by atoms with Gasteiger partial charge >= 0.3 is 0 Å². The molecule has 0 spiro atoms. The summed E-state index contributed by atoms with van der Waals surface area (Å²) in [5, 5.41) is 0. The smallest absolute Gasteiger partial charge is 0.0209 e. The van der Waals surface area contributed by atoms with Crippen molar-refractivity contribution in [2.45, 2.75) is 32.2 Å². The average molecular weight is 157 g/mol. The van der Waals surface area contributed by atoms with Crippen molar-refractivity contribution in [2.24, 2.45) is 0 Å². The molecule has 0 bridgehead atoms. The van der Waals surface area contributed by atoms with Gasteiger partial charge in [0.2, 0.25) is 0 Å².